The van der Waals surface area contributed by atoms with Crippen molar-refractivity contribution in [2.75, 3.05) is 5.32 Å². The SMILES string of the molecule is Cn1ccc2cc(Nc3nc(CC4CCC4)c4cc[nH]c4n3)ccc21. The van der Waals surface area contributed by atoms with E-state index in [0.29, 0.717) is 5.95 Å². The highest BCUT2D eigenvalue weighted by Crippen LogP contribution is 2.31. The Balaban J connectivity index is 1.50. The second-order valence-corrected chi connectivity index (χ2v) is 7.06. The summed E-state index contributed by atoms with van der Waals surface area (Å²) in [4.78, 5) is 12.7. The van der Waals surface area contributed by atoms with Crippen molar-refractivity contribution in [2.45, 2.75) is 25.7 Å². The molecule has 5 rings (SSSR count). The van der Waals surface area contributed by atoms with Gasteiger partial charge in [-0.25, -0.2) is 4.98 Å². The minimum atomic E-state index is 0.666. The third-order valence-electron chi connectivity index (χ3n) is 5.34. The molecule has 1 saturated carbocycles. The number of nitrogens with zero attached hydrogens (tertiary/aromatic N) is 3. The van der Waals surface area contributed by atoms with Gasteiger partial charge in [0.2, 0.25) is 5.95 Å². The molecule has 0 atom stereocenters. The molecule has 126 valence electrons. The van der Waals surface area contributed by atoms with Gasteiger partial charge < -0.3 is 14.9 Å². The molecular formula is C20H21N5. The summed E-state index contributed by atoms with van der Waals surface area (Å²) >= 11 is 0. The zero-order valence-electron chi connectivity index (χ0n) is 14.3. The Kier molecular flexibility index (Phi) is 3.26. The van der Waals surface area contributed by atoms with E-state index in [4.69, 9.17) is 4.98 Å². The van der Waals surface area contributed by atoms with E-state index in [-0.39, 0.29) is 0 Å². The standard InChI is InChI=1S/C20H21N5/c1-25-10-8-14-12-15(5-6-18(14)25)22-20-23-17(11-13-3-2-4-13)16-7-9-21-19(16)24-20/h5-10,12-13H,2-4,11H2,1H3,(H2,21,22,23,24). The number of rotatable bonds is 4. The second-order valence-electron chi connectivity index (χ2n) is 7.06. The van der Waals surface area contributed by atoms with Gasteiger partial charge in [0, 0.05) is 41.4 Å². The maximum Gasteiger partial charge on any atom is 0.229 e. The number of aryl methyl sites for hydroxylation is 1. The van der Waals surface area contributed by atoms with Crippen LogP contribution in [0.15, 0.2) is 42.7 Å². The first-order valence-electron chi connectivity index (χ1n) is 8.92. The Morgan fingerprint density at radius 3 is 2.96 bits per heavy atom. The summed E-state index contributed by atoms with van der Waals surface area (Å²) in [5, 5.41) is 5.75. The summed E-state index contributed by atoms with van der Waals surface area (Å²) in [5.41, 5.74) is 4.29. The maximum absolute atomic E-state index is 4.83. The van der Waals surface area contributed by atoms with Crippen molar-refractivity contribution in [3.05, 3.63) is 48.4 Å². The highest BCUT2D eigenvalue weighted by molar-refractivity contribution is 5.85. The minimum absolute atomic E-state index is 0.666. The summed E-state index contributed by atoms with van der Waals surface area (Å²) in [6.45, 7) is 0. The fourth-order valence-electron chi connectivity index (χ4n) is 3.68. The number of H-pyrrole nitrogens is 1. The van der Waals surface area contributed by atoms with Crippen molar-refractivity contribution in [3.63, 3.8) is 0 Å². The number of aromatic nitrogens is 4. The fraction of sp³-hybridized carbons (Fsp3) is 0.300. The van der Waals surface area contributed by atoms with Crippen LogP contribution in [-0.4, -0.2) is 19.5 Å². The summed E-state index contributed by atoms with van der Waals surface area (Å²) in [5.74, 6) is 1.45. The van der Waals surface area contributed by atoms with Crippen LogP contribution in [0.1, 0.15) is 25.0 Å². The van der Waals surface area contributed by atoms with Crippen molar-refractivity contribution in [1.82, 2.24) is 19.5 Å². The second kappa shape index (κ2) is 5.62. The van der Waals surface area contributed by atoms with Crippen LogP contribution in [0.4, 0.5) is 11.6 Å². The lowest BCUT2D eigenvalue weighted by Gasteiger charge is -2.25. The Labute approximate surface area is 146 Å². The number of benzene rings is 1. The monoisotopic (exact) mass is 331 g/mol. The van der Waals surface area contributed by atoms with Gasteiger partial charge in [0.15, 0.2) is 0 Å². The van der Waals surface area contributed by atoms with Crippen molar-refractivity contribution < 1.29 is 0 Å². The molecule has 1 aromatic carbocycles. The first-order valence-corrected chi connectivity index (χ1v) is 8.92. The molecule has 2 N–H and O–H groups in total. The lowest BCUT2D eigenvalue weighted by Crippen LogP contribution is -2.15. The number of hydrogen-bond donors (Lipinski definition) is 2. The summed E-state index contributed by atoms with van der Waals surface area (Å²) in [7, 11) is 2.06. The maximum atomic E-state index is 4.83. The van der Waals surface area contributed by atoms with E-state index < -0.39 is 0 Å². The Morgan fingerprint density at radius 2 is 2.12 bits per heavy atom. The summed E-state index contributed by atoms with van der Waals surface area (Å²) in [6, 6.07) is 10.6. The molecule has 0 unspecified atom stereocenters. The zero-order chi connectivity index (χ0) is 16.8. The number of anilines is 2. The molecule has 0 spiro atoms. The smallest absolute Gasteiger partial charge is 0.229 e. The molecular weight excluding hydrogens is 310 g/mol. The van der Waals surface area contributed by atoms with Gasteiger partial charge in [-0.1, -0.05) is 19.3 Å². The number of nitrogens with one attached hydrogen (secondary N) is 2. The average Bonchev–Trinajstić information content (AvgIpc) is 3.18. The molecule has 5 nitrogen and oxygen atoms in total. The normalized spacial score (nSPS) is 14.9. The highest BCUT2D eigenvalue weighted by Gasteiger charge is 2.20. The molecule has 0 aliphatic heterocycles. The van der Waals surface area contributed by atoms with Crippen LogP contribution >= 0.6 is 0 Å². The van der Waals surface area contributed by atoms with Gasteiger partial charge in [-0.05, 0) is 42.7 Å². The lowest BCUT2D eigenvalue weighted by atomic mass is 9.82. The van der Waals surface area contributed by atoms with Crippen LogP contribution in [0.3, 0.4) is 0 Å². The molecule has 5 heteroatoms. The van der Waals surface area contributed by atoms with Crippen molar-refractivity contribution in [2.24, 2.45) is 13.0 Å². The number of aromatic amines is 1. The molecule has 0 amide bonds. The zero-order valence-corrected chi connectivity index (χ0v) is 14.3. The number of fused-ring (bicyclic) bond motifs is 2. The van der Waals surface area contributed by atoms with Gasteiger partial charge in [0.25, 0.3) is 0 Å². The summed E-state index contributed by atoms with van der Waals surface area (Å²) < 4.78 is 2.12. The molecule has 3 heterocycles. The first kappa shape index (κ1) is 14.5. The molecule has 0 bridgehead atoms. The van der Waals surface area contributed by atoms with Gasteiger partial charge in [-0.15, -0.1) is 0 Å². The quantitative estimate of drug-likeness (QED) is 0.577. The Hall–Kier alpha value is -2.82. The van der Waals surface area contributed by atoms with Gasteiger partial charge >= 0.3 is 0 Å². The summed E-state index contributed by atoms with van der Waals surface area (Å²) in [6.07, 6.45) is 9.07. The predicted molar refractivity (Wildman–Crippen MR) is 101 cm³/mol. The molecule has 0 saturated heterocycles. The van der Waals surface area contributed by atoms with E-state index in [0.717, 1.165) is 34.8 Å². The predicted octanol–water partition coefficient (Wildman–Crippen LogP) is 4.54. The molecule has 25 heavy (non-hydrogen) atoms. The Morgan fingerprint density at radius 1 is 1.20 bits per heavy atom. The van der Waals surface area contributed by atoms with Crippen LogP contribution in [-0.2, 0) is 13.5 Å². The van der Waals surface area contributed by atoms with Gasteiger partial charge in [-0.3, -0.25) is 0 Å². The van der Waals surface area contributed by atoms with Gasteiger partial charge in [0.1, 0.15) is 5.65 Å². The molecule has 3 aromatic heterocycles. The van der Waals surface area contributed by atoms with E-state index in [1.807, 2.05) is 6.20 Å². The molecule has 1 aliphatic rings. The van der Waals surface area contributed by atoms with Gasteiger partial charge in [0.05, 0.1) is 5.69 Å². The lowest BCUT2D eigenvalue weighted by molar-refractivity contribution is 0.313. The fourth-order valence-corrected chi connectivity index (χ4v) is 3.68. The van der Waals surface area contributed by atoms with Crippen LogP contribution in [0.5, 0.6) is 0 Å². The van der Waals surface area contributed by atoms with E-state index in [2.05, 4.69) is 63.4 Å². The average molecular weight is 331 g/mol. The first-order chi connectivity index (χ1) is 12.3. The van der Waals surface area contributed by atoms with Crippen LogP contribution < -0.4 is 5.32 Å². The largest absolute Gasteiger partial charge is 0.351 e. The highest BCUT2D eigenvalue weighted by atomic mass is 15.1. The van der Waals surface area contributed by atoms with Crippen LogP contribution in [0, 0.1) is 5.92 Å². The minimum Gasteiger partial charge on any atom is -0.351 e. The molecule has 0 radical (unpaired) electrons. The van der Waals surface area contributed by atoms with Crippen LogP contribution in [0.25, 0.3) is 21.9 Å². The third kappa shape index (κ3) is 2.56. The molecule has 1 aliphatic carbocycles. The van der Waals surface area contributed by atoms with E-state index in [9.17, 15) is 0 Å². The molecule has 4 aromatic rings. The van der Waals surface area contributed by atoms with Crippen molar-refractivity contribution in [3.8, 4) is 0 Å². The van der Waals surface area contributed by atoms with Crippen LogP contribution in [0.2, 0.25) is 0 Å². The van der Waals surface area contributed by atoms with E-state index in [1.165, 1.54) is 30.2 Å². The van der Waals surface area contributed by atoms with E-state index >= 15 is 0 Å². The number of hydrogen-bond acceptors (Lipinski definition) is 3. The molecule has 1 fully saturated rings. The van der Waals surface area contributed by atoms with Crippen molar-refractivity contribution in [1.29, 1.82) is 0 Å². The van der Waals surface area contributed by atoms with E-state index in [1.54, 1.807) is 0 Å². The Bertz CT molecular complexity index is 1050. The topological polar surface area (TPSA) is 58.5 Å². The third-order valence-corrected chi connectivity index (χ3v) is 5.34. The van der Waals surface area contributed by atoms with Gasteiger partial charge in [-0.2, -0.15) is 4.98 Å². The van der Waals surface area contributed by atoms with Crippen molar-refractivity contribution >= 4 is 33.6 Å².